The molecule has 1 rings (SSSR count). The first-order chi connectivity index (χ1) is 10.0. The van der Waals surface area contributed by atoms with Crippen LogP contribution in [0.15, 0.2) is 0 Å². The zero-order valence-corrected chi connectivity index (χ0v) is 13.0. The van der Waals surface area contributed by atoms with Gasteiger partial charge in [0.2, 0.25) is 0 Å². The number of carbonyl (C=O) groups excluding carboxylic acids is 1. The van der Waals surface area contributed by atoms with Crippen LogP contribution in [-0.2, 0) is 4.79 Å². The number of rotatable bonds is 8. The van der Waals surface area contributed by atoms with Gasteiger partial charge in [0.15, 0.2) is 0 Å². The highest BCUT2D eigenvalue weighted by Gasteiger charge is 2.24. The second-order valence-corrected chi connectivity index (χ2v) is 5.55. The highest BCUT2D eigenvalue weighted by Crippen LogP contribution is 2.07. The van der Waals surface area contributed by atoms with E-state index >= 15 is 0 Å². The molecule has 7 heteroatoms. The highest BCUT2D eigenvalue weighted by atomic mass is 16.4. The molecule has 0 aromatic carbocycles. The lowest BCUT2D eigenvalue weighted by atomic mass is 9.99. The number of hydrogen-bond acceptors (Lipinski definition) is 4. The van der Waals surface area contributed by atoms with E-state index in [0.717, 1.165) is 39.1 Å². The molecule has 0 aromatic rings. The molecule has 1 aliphatic heterocycles. The first-order valence-electron chi connectivity index (χ1n) is 7.74. The van der Waals surface area contributed by atoms with E-state index in [4.69, 9.17) is 5.11 Å². The fourth-order valence-electron chi connectivity index (χ4n) is 2.31. The fourth-order valence-corrected chi connectivity index (χ4v) is 2.31. The van der Waals surface area contributed by atoms with E-state index in [1.165, 1.54) is 0 Å². The molecule has 2 atom stereocenters. The van der Waals surface area contributed by atoms with Gasteiger partial charge < -0.3 is 26.0 Å². The molecular formula is C14H28N4O3. The zero-order valence-electron chi connectivity index (χ0n) is 13.0. The van der Waals surface area contributed by atoms with E-state index in [1.807, 2.05) is 13.8 Å². The lowest BCUT2D eigenvalue weighted by Crippen LogP contribution is -2.49. The molecule has 2 unspecified atom stereocenters. The molecule has 1 fully saturated rings. The van der Waals surface area contributed by atoms with Crippen LogP contribution in [-0.4, -0.2) is 67.3 Å². The third-order valence-electron chi connectivity index (χ3n) is 3.91. The van der Waals surface area contributed by atoms with Crippen molar-refractivity contribution in [1.82, 2.24) is 20.9 Å². The normalized spacial score (nSPS) is 18.8. The van der Waals surface area contributed by atoms with Crippen LogP contribution in [0.3, 0.4) is 0 Å². The summed E-state index contributed by atoms with van der Waals surface area (Å²) >= 11 is 0. The molecular weight excluding hydrogens is 272 g/mol. The van der Waals surface area contributed by atoms with Crippen molar-refractivity contribution in [2.24, 2.45) is 5.92 Å². The smallest absolute Gasteiger partial charge is 0.326 e. The van der Waals surface area contributed by atoms with Crippen molar-refractivity contribution in [1.29, 1.82) is 0 Å². The molecule has 1 saturated heterocycles. The van der Waals surface area contributed by atoms with E-state index in [-0.39, 0.29) is 5.92 Å². The molecule has 0 radical (unpaired) electrons. The summed E-state index contributed by atoms with van der Waals surface area (Å²) in [4.78, 5) is 25.2. The van der Waals surface area contributed by atoms with Crippen molar-refractivity contribution in [3.63, 3.8) is 0 Å². The van der Waals surface area contributed by atoms with Crippen molar-refractivity contribution in [2.45, 2.75) is 32.7 Å². The lowest BCUT2D eigenvalue weighted by Gasteiger charge is -2.27. The Morgan fingerprint density at radius 1 is 1.33 bits per heavy atom. The van der Waals surface area contributed by atoms with Crippen LogP contribution in [0.2, 0.25) is 0 Å². The average Bonchev–Trinajstić information content (AvgIpc) is 2.49. The van der Waals surface area contributed by atoms with Gasteiger partial charge in [0.05, 0.1) is 0 Å². The van der Waals surface area contributed by atoms with Gasteiger partial charge in [-0.15, -0.1) is 0 Å². The van der Waals surface area contributed by atoms with Gasteiger partial charge in [0, 0.05) is 32.7 Å². The summed E-state index contributed by atoms with van der Waals surface area (Å²) in [6.45, 7) is 9.37. The molecule has 21 heavy (non-hydrogen) atoms. The van der Waals surface area contributed by atoms with Gasteiger partial charge in [-0.1, -0.05) is 20.3 Å². The fraction of sp³-hybridized carbons (Fsp3) is 0.857. The number of carboxylic acids is 1. The van der Waals surface area contributed by atoms with Gasteiger partial charge in [-0.2, -0.15) is 0 Å². The number of urea groups is 1. The Morgan fingerprint density at radius 2 is 2.00 bits per heavy atom. The summed E-state index contributed by atoms with van der Waals surface area (Å²) in [5.74, 6) is -1.07. The van der Waals surface area contributed by atoms with Crippen LogP contribution >= 0.6 is 0 Å². The highest BCUT2D eigenvalue weighted by molar-refractivity contribution is 5.82. The Labute approximate surface area is 126 Å². The Kier molecular flexibility index (Phi) is 8.07. The van der Waals surface area contributed by atoms with Crippen molar-refractivity contribution < 1.29 is 14.7 Å². The molecule has 0 spiro atoms. The number of nitrogens with zero attached hydrogens (tertiary/aromatic N) is 1. The van der Waals surface area contributed by atoms with E-state index in [2.05, 4.69) is 20.9 Å². The average molecular weight is 300 g/mol. The van der Waals surface area contributed by atoms with Crippen LogP contribution in [0.25, 0.3) is 0 Å². The van der Waals surface area contributed by atoms with Crippen molar-refractivity contribution in [3.8, 4) is 0 Å². The van der Waals surface area contributed by atoms with Crippen LogP contribution in [0, 0.1) is 5.92 Å². The van der Waals surface area contributed by atoms with Crippen molar-refractivity contribution >= 4 is 12.0 Å². The van der Waals surface area contributed by atoms with Gasteiger partial charge in [0.1, 0.15) is 6.04 Å². The van der Waals surface area contributed by atoms with Crippen LogP contribution in [0.5, 0.6) is 0 Å². The second-order valence-electron chi connectivity index (χ2n) is 5.55. The van der Waals surface area contributed by atoms with Crippen LogP contribution in [0.1, 0.15) is 26.7 Å². The molecule has 122 valence electrons. The minimum absolute atomic E-state index is 0.0888. The maximum Gasteiger partial charge on any atom is 0.326 e. The van der Waals surface area contributed by atoms with Crippen LogP contribution in [0.4, 0.5) is 4.79 Å². The summed E-state index contributed by atoms with van der Waals surface area (Å²) in [5.41, 5.74) is 0. The number of carbonyl (C=O) groups is 2. The van der Waals surface area contributed by atoms with Gasteiger partial charge in [-0.25, -0.2) is 9.59 Å². The molecule has 0 aliphatic carbocycles. The summed E-state index contributed by atoms with van der Waals surface area (Å²) in [6.07, 6.45) is 1.58. The summed E-state index contributed by atoms with van der Waals surface area (Å²) in [5, 5.41) is 17.7. The van der Waals surface area contributed by atoms with Gasteiger partial charge in [-0.3, -0.25) is 0 Å². The Morgan fingerprint density at radius 3 is 2.57 bits per heavy atom. The second kappa shape index (κ2) is 9.57. The predicted octanol–water partition coefficient (Wildman–Crippen LogP) is 0.0802. The van der Waals surface area contributed by atoms with E-state index < -0.39 is 18.0 Å². The van der Waals surface area contributed by atoms with Gasteiger partial charge in [0.25, 0.3) is 0 Å². The summed E-state index contributed by atoms with van der Waals surface area (Å²) in [6, 6.07) is -1.23. The van der Waals surface area contributed by atoms with Gasteiger partial charge in [-0.05, 0) is 18.9 Å². The number of amides is 2. The first-order valence-corrected chi connectivity index (χ1v) is 7.74. The number of carboxylic acid groups (broad SMARTS) is 1. The van der Waals surface area contributed by atoms with E-state index in [1.54, 1.807) is 0 Å². The number of nitrogens with one attached hydrogen (secondary N) is 3. The molecule has 0 saturated carbocycles. The lowest BCUT2D eigenvalue weighted by molar-refractivity contribution is -0.140. The molecule has 2 amide bonds. The third kappa shape index (κ3) is 6.77. The molecule has 0 aromatic heterocycles. The summed E-state index contributed by atoms with van der Waals surface area (Å²) in [7, 11) is 0. The molecule has 0 bridgehead atoms. The number of piperazine rings is 1. The molecule has 1 aliphatic rings. The van der Waals surface area contributed by atoms with Crippen LogP contribution < -0.4 is 16.0 Å². The number of aliphatic carboxylic acids is 1. The zero-order chi connectivity index (χ0) is 15.7. The molecule has 7 nitrogen and oxygen atoms in total. The minimum Gasteiger partial charge on any atom is -0.480 e. The molecule has 1 heterocycles. The largest absolute Gasteiger partial charge is 0.480 e. The third-order valence-corrected chi connectivity index (χ3v) is 3.91. The maximum atomic E-state index is 11.7. The van der Waals surface area contributed by atoms with Crippen molar-refractivity contribution in [3.05, 3.63) is 0 Å². The van der Waals surface area contributed by atoms with Crippen molar-refractivity contribution in [2.75, 3.05) is 39.3 Å². The summed E-state index contributed by atoms with van der Waals surface area (Å²) < 4.78 is 0. The Hall–Kier alpha value is -1.34. The number of hydrogen-bond donors (Lipinski definition) is 4. The Balaban J connectivity index is 2.18. The van der Waals surface area contributed by atoms with Gasteiger partial charge >= 0.3 is 12.0 Å². The quantitative estimate of drug-likeness (QED) is 0.476. The first kappa shape index (κ1) is 17.7. The topological polar surface area (TPSA) is 93.7 Å². The standard InChI is InChI=1S/C14H28N4O3/c1-3-11(2)12(13(19)20)17-14(21)16-5-4-8-18-9-6-15-7-10-18/h11-12,15H,3-10H2,1-2H3,(H,19,20)(H2,16,17,21). The molecule has 4 N–H and O–H groups in total. The monoisotopic (exact) mass is 300 g/mol. The van der Waals surface area contributed by atoms with E-state index in [9.17, 15) is 9.59 Å². The SMILES string of the molecule is CCC(C)C(NC(=O)NCCCN1CCNCC1)C(=O)O. The maximum absolute atomic E-state index is 11.7. The minimum atomic E-state index is -0.986. The Bertz CT molecular complexity index is 332. The van der Waals surface area contributed by atoms with E-state index in [0.29, 0.717) is 13.0 Å². The predicted molar refractivity (Wildman–Crippen MR) is 81.3 cm³/mol.